The number of nitrogens with one attached hydrogen (secondary N) is 2. The van der Waals surface area contributed by atoms with Crippen LogP contribution in [0.15, 0.2) is 48.8 Å². The number of nitrogens with zero attached hydrogens (tertiary/aromatic N) is 4. The molecule has 1 fully saturated rings. The highest BCUT2D eigenvalue weighted by atomic mass is 19.4. The van der Waals surface area contributed by atoms with Gasteiger partial charge < -0.3 is 16.4 Å². The summed E-state index contributed by atoms with van der Waals surface area (Å²) in [6.45, 7) is 0. The average Bonchev–Trinajstić information content (AvgIpc) is 3.41. The molecule has 230 valence electrons. The van der Waals surface area contributed by atoms with E-state index in [1.165, 1.54) is 0 Å². The predicted octanol–water partition coefficient (Wildman–Crippen LogP) is 6.45. The Kier molecular flexibility index (Phi) is 8.24. The second kappa shape index (κ2) is 12.3. The number of hydrogen-bond acceptors (Lipinski definition) is 6. The van der Waals surface area contributed by atoms with E-state index in [2.05, 4.69) is 25.3 Å². The topological polar surface area (TPSA) is 128 Å². The van der Waals surface area contributed by atoms with Gasteiger partial charge in [0, 0.05) is 36.0 Å². The summed E-state index contributed by atoms with van der Waals surface area (Å²) in [4.78, 5) is 33.8. The number of pyridine rings is 2. The number of anilines is 2. The van der Waals surface area contributed by atoms with Crippen molar-refractivity contribution in [3.8, 4) is 11.3 Å². The highest BCUT2D eigenvalue weighted by Crippen LogP contribution is 2.39. The van der Waals surface area contributed by atoms with Crippen LogP contribution in [0.4, 0.5) is 24.8 Å². The fourth-order valence-electron chi connectivity index (χ4n) is 6.32. The van der Waals surface area contributed by atoms with Crippen LogP contribution in [0.5, 0.6) is 0 Å². The van der Waals surface area contributed by atoms with Gasteiger partial charge in [0.2, 0.25) is 5.91 Å². The smallest absolute Gasteiger partial charge is 0.383 e. The fraction of sp³-hybridized carbons (Fsp3) is 0.406. The van der Waals surface area contributed by atoms with E-state index in [1.807, 2.05) is 6.20 Å². The van der Waals surface area contributed by atoms with Crippen LogP contribution in [0.2, 0.25) is 0 Å². The number of carbonyl (C=O) groups excluding carboxylic acids is 2. The van der Waals surface area contributed by atoms with Gasteiger partial charge in [0.15, 0.2) is 0 Å². The molecular formula is C32H34F3N7O2. The van der Waals surface area contributed by atoms with Gasteiger partial charge in [-0.3, -0.25) is 14.3 Å². The van der Waals surface area contributed by atoms with Crippen molar-refractivity contribution >= 4 is 34.4 Å². The Morgan fingerprint density at radius 1 is 1.00 bits per heavy atom. The number of alkyl halides is 3. The molecule has 0 saturated heterocycles. The summed E-state index contributed by atoms with van der Waals surface area (Å²) < 4.78 is 41.3. The minimum absolute atomic E-state index is 0.0683. The van der Waals surface area contributed by atoms with E-state index in [-0.39, 0.29) is 29.4 Å². The maximum Gasteiger partial charge on any atom is 0.416 e. The quantitative estimate of drug-likeness (QED) is 0.246. The Morgan fingerprint density at radius 2 is 1.77 bits per heavy atom. The zero-order valence-electron chi connectivity index (χ0n) is 24.2. The monoisotopic (exact) mass is 605 g/mol. The highest BCUT2D eigenvalue weighted by molar-refractivity contribution is 6.05. The van der Waals surface area contributed by atoms with E-state index in [0.29, 0.717) is 17.9 Å². The number of rotatable bonds is 3. The summed E-state index contributed by atoms with van der Waals surface area (Å²) in [6, 6.07) is 8.48. The van der Waals surface area contributed by atoms with Crippen molar-refractivity contribution in [1.29, 1.82) is 0 Å². The molecule has 2 aliphatic rings. The molecule has 2 atom stereocenters. The van der Waals surface area contributed by atoms with Crippen LogP contribution in [-0.4, -0.2) is 37.6 Å². The number of nitrogens with two attached hydrogens (primary N) is 1. The lowest BCUT2D eigenvalue weighted by Crippen LogP contribution is -2.39. The van der Waals surface area contributed by atoms with Crippen molar-refractivity contribution in [2.75, 3.05) is 11.1 Å². The summed E-state index contributed by atoms with van der Waals surface area (Å²) in [5.41, 5.74) is 9.27. The molecule has 1 aliphatic heterocycles. The van der Waals surface area contributed by atoms with Crippen molar-refractivity contribution in [3.05, 3.63) is 65.5 Å². The zero-order valence-corrected chi connectivity index (χ0v) is 24.2. The van der Waals surface area contributed by atoms with Gasteiger partial charge in [0.25, 0.3) is 5.91 Å². The van der Waals surface area contributed by atoms with E-state index < -0.39 is 17.6 Å². The molecule has 3 aromatic heterocycles. The largest absolute Gasteiger partial charge is 0.416 e. The van der Waals surface area contributed by atoms with Crippen LogP contribution in [0.3, 0.4) is 0 Å². The minimum Gasteiger partial charge on any atom is -0.383 e. The standard InChI is InChI=1S/C32H34F3N7O2/c33-32(34,35)22-14-15-37-25(16-22)40-31(44)20-12-10-19(11-13-20)28-27-29-21(18-38-30(27)36)6-3-1-2-4-9-26(43)39-23-7-5-8-24(17-23)42(29)41-28/h10-16,18,23-24H,1-9,17H2,(H2,36,38)(H,39,43)(H,37,40,44)/t23-,24-/m1/s1. The number of carbonyl (C=O) groups is 2. The Labute approximate surface area is 252 Å². The molecule has 1 aliphatic carbocycles. The molecule has 4 N–H and O–H groups in total. The summed E-state index contributed by atoms with van der Waals surface area (Å²) >= 11 is 0. The van der Waals surface area contributed by atoms with Gasteiger partial charge in [-0.25, -0.2) is 9.97 Å². The molecule has 0 spiro atoms. The lowest BCUT2D eigenvalue weighted by molar-refractivity contribution is -0.137. The van der Waals surface area contributed by atoms with Crippen LogP contribution in [-0.2, 0) is 17.4 Å². The SMILES string of the molecule is Nc1ncc2c3c1c(-c1ccc(C(=O)Nc4cc(C(F)(F)F)ccn4)cc1)nn3[C@@H]1CCC[C@H](C1)NC(=O)CCCCCC2. The number of nitrogen functional groups attached to an aromatic ring is 1. The molecule has 1 saturated carbocycles. The molecule has 44 heavy (non-hydrogen) atoms. The molecule has 9 nitrogen and oxygen atoms in total. The highest BCUT2D eigenvalue weighted by Gasteiger charge is 2.31. The lowest BCUT2D eigenvalue weighted by Gasteiger charge is -2.31. The first-order chi connectivity index (χ1) is 21.2. The van der Waals surface area contributed by atoms with Gasteiger partial charge in [0.1, 0.15) is 17.3 Å². The number of aromatic nitrogens is 4. The maximum atomic E-state index is 13.1. The molecular weight excluding hydrogens is 571 g/mol. The van der Waals surface area contributed by atoms with Gasteiger partial charge >= 0.3 is 6.18 Å². The second-order valence-electron chi connectivity index (χ2n) is 11.6. The van der Waals surface area contributed by atoms with Crippen molar-refractivity contribution in [2.45, 2.75) is 82.5 Å². The van der Waals surface area contributed by atoms with Gasteiger partial charge in [-0.05, 0) is 74.8 Å². The minimum atomic E-state index is -4.55. The van der Waals surface area contributed by atoms with Crippen LogP contribution < -0.4 is 16.4 Å². The molecule has 0 unspecified atom stereocenters. The lowest BCUT2D eigenvalue weighted by atomic mass is 9.90. The summed E-state index contributed by atoms with van der Waals surface area (Å²) in [5.74, 6) is -0.303. The first-order valence-electron chi connectivity index (χ1n) is 15.1. The van der Waals surface area contributed by atoms with Crippen LogP contribution in [0.25, 0.3) is 22.2 Å². The number of amides is 2. The third-order valence-electron chi connectivity index (χ3n) is 8.54. The van der Waals surface area contributed by atoms with Gasteiger partial charge in [-0.2, -0.15) is 18.3 Å². The van der Waals surface area contributed by atoms with E-state index in [0.717, 1.165) is 98.1 Å². The number of benzene rings is 1. The molecule has 0 radical (unpaired) electrons. The van der Waals surface area contributed by atoms with E-state index >= 15 is 0 Å². The number of aryl methyl sites for hydroxylation is 1. The molecule has 2 amide bonds. The van der Waals surface area contributed by atoms with E-state index in [9.17, 15) is 22.8 Å². The third kappa shape index (κ3) is 6.24. The van der Waals surface area contributed by atoms with Gasteiger partial charge in [0.05, 0.1) is 22.5 Å². The van der Waals surface area contributed by atoms with Gasteiger partial charge in [-0.1, -0.05) is 25.0 Å². The second-order valence-corrected chi connectivity index (χ2v) is 11.6. The first kappa shape index (κ1) is 29.6. The molecule has 2 bridgehead atoms. The van der Waals surface area contributed by atoms with Crippen LogP contribution >= 0.6 is 0 Å². The van der Waals surface area contributed by atoms with Crippen LogP contribution in [0, 0.1) is 0 Å². The Hall–Kier alpha value is -4.48. The Morgan fingerprint density at radius 3 is 2.55 bits per heavy atom. The number of fused-ring (bicyclic) bond motifs is 3. The summed E-state index contributed by atoms with van der Waals surface area (Å²) in [6.07, 6.45) is 7.10. The Balaban J connectivity index is 1.34. The van der Waals surface area contributed by atoms with E-state index in [4.69, 9.17) is 10.8 Å². The molecule has 12 heteroatoms. The normalized spacial score (nSPS) is 19.7. The summed E-state index contributed by atoms with van der Waals surface area (Å²) in [7, 11) is 0. The van der Waals surface area contributed by atoms with Crippen molar-refractivity contribution < 1.29 is 22.8 Å². The summed E-state index contributed by atoms with van der Waals surface area (Å²) in [5, 5.41) is 11.5. The van der Waals surface area contributed by atoms with Crippen molar-refractivity contribution in [3.63, 3.8) is 0 Å². The van der Waals surface area contributed by atoms with Crippen LogP contribution in [0.1, 0.15) is 85.3 Å². The molecule has 4 aromatic rings. The molecule has 4 heterocycles. The van der Waals surface area contributed by atoms with Crippen molar-refractivity contribution in [2.24, 2.45) is 0 Å². The van der Waals surface area contributed by atoms with Crippen molar-refractivity contribution in [1.82, 2.24) is 25.1 Å². The number of halogens is 3. The maximum absolute atomic E-state index is 13.1. The predicted molar refractivity (Wildman–Crippen MR) is 161 cm³/mol. The fourth-order valence-corrected chi connectivity index (χ4v) is 6.32. The molecule has 6 rings (SSSR count). The third-order valence-corrected chi connectivity index (χ3v) is 8.54. The zero-order chi connectivity index (χ0) is 30.8. The molecule has 1 aromatic carbocycles. The van der Waals surface area contributed by atoms with Gasteiger partial charge in [-0.15, -0.1) is 0 Å². The first-order valence-corrected chi connectivity index (χ1v) is 15.1. The Bertz CT molecular complexity index is 1680. The average molecular weight is 606 g/mol. The van der Waals surface area contributed by atoms with E-state index in [1.54, 1.807) is 24.3 Å². The number of hydrogen-bond donors (Lipinski definition) is 3.